The van der Waals surface area contributed by atoms with Crippen molar-refractivity contribution in [1.29, 1.82) is 0 Å². The number of hydrogen-bond donors (Lipinski definition) is 0. The summed E-state index contributed by atoms with van der Waals surface area (Å²) in [7, 11) is 0. The van der Waals surface area contributed by atoms with Gasteiger partial charge in [0.1, 0.15) is 11.5 Å². The van der Waals surface area contributed by atoms with Gasteiger partial charge in [0.25, 0.3) is 0 Å². The topological polar surface area (TPSA) is 52.6 Å². The molecule has 0 bridgehead atoms. The standard InChI is InChI=1S/C19H15BrO4/c1-10-4-13-5-16-9-19(24-12(3)22)17(20)7-14(16)6-15(13)8-18(10)23-11(2)21/h4-9H,1-3H3. The highest BCUT2D eigenvalue weighted by Crippen LogP contribution is 2.34. The van der Waals surface area contributed by atoms with E-state index in [-0.39, 0.29) is 11.9 Å². The van der Waals surface area contributed by atoms with Gasteiger partial charge in [0, 0.05) is 13.8 Å². The first-order valence-electron chi connectivity index (χ1n) is 7.38. The monoisotopic (exact) mass is 386 g/mol. The molecule has 0 aliphatic carbocycles. The molecule has 3 rings (SSSR count). The molecule has 0 amide bonds. The Balaban J connectivity index is 2.19. The van der Waals surface area contributed by atoms with Gasteiger partial charge >= 0.3 is 11.9 Å². The number of rotatable bonds is 2. The largest absolute Gasteiger partial charge is 0.426 e. The lowest BCUT2D eigenvalue weighted by Crippen LogP contribution is -2.03. The van der Waals surface area contributed by atoms with E-state index in [1.807, 2.05) is 43.3 Å². The van der Waals surface area contributed by atoms with Crippen LogP contribution in [0.2, 0.25) is 0 Å². The van der Waals surface area contributed by atoms with Crippen LogP contribution in [0.1, 0.15) is 19.4 Å². The third-order valence-corrected chi connectivity index (χ3v) is 4.27. The van der Waals surface area contributed by atoms with Crippen LogP contribution in [0.25, 0.3) is 21.5 Å². The molecule has 0 radical (unpaired) electrons. The van der Waals surface area contributed by atoms with Crippen molar-refractivity contribution < 1.29 is 19.1 Å². The molecule has 0 saturated heterocycles. The molecule has 0 saturated carbocycles. The molecule has 0 aliphatic rings. The zero-order chi connectivity index (χ0) is 17.4. The average Bonchev–Trinajstić information content (AvgIpc) is 2.46. The quantitative estimate of drug-likeness (QED) is 0.356. The van der Waals surface area contributed by atoms with Crippen LogP contribution in [0, 0.1) is 6.92 Å². The van der Waals surface area contributed by atoms with Crippen LogP contribution in [0.4, 0.5) is 0 Å². The molecule has 5 heteroatoms. The van der Waals surface area contributed by atoms with Gasteiger partial charge in [-0.3, -0.25) is 9.59 Å². The summed E-state index contributed by atoms with van der Waals surface area (Å²) in [6, 6.07) is 11.6. The van der Waals surface area contributed by atoms with Gasteiger partial charge in [0.15, 0.2) is 0 Å². The highest BCUT2D eigenvalue weighted by atomic mass is 79.9. The van der Waals surface area contributed by atoms with Crippen molar-refractivity contribution in [1.82, 2.24) is 0 Å². The molecule has 0 atom stereocenters. The Labute approximate surface area is 147 Å². The van der Waals surface area contributed by atoms with Crippen molar-refractivity contribution in [3.63, 3.8) is 0 Å². The number of halogens is 1. The molecule has 3 aromatic rings. The van der Waals surface area contributed by atoms with Gasteiger partial charge in [0.05, 0.1) is 4.47 Å². The fourth-order valence-corrected chi connectivity index (χ4v) is 3.09. The summed E-state index contributed by atoms with van der Waals surface area (Å²) in [5, 5.41) is 3.94. The van der Waals surface area contributed by atoms with E-state index in [0.717, 1.165) is 27.1 Å². The van der Waals surface area contributed by atoms with Crippen molar-refractivity contribution in [2.75, 3.05) is 0 Å². The fourth-order valence-electron chi connectivity index (χ4n) is 2.64. The zero-order valence-electron chi connectivity index (χ0n) is 13.5. The Morgan fingerprint density at radius 2 is 1.21 bits per heavy atom. The van der Waals surface area contributed by atoms with E-state index in [9.17, 15) is 9.59 Å². The molecule has 0 N–H and O–H groups in total. The molecule has 122 valence electrons. The maximum Gasteiger partial charge on any atom is 0.308 e. The Kier molecular flexibility index (Phi) is 4.28. The van der Waals surface area contributed by atoms with Crippen LogP contribution < -0.4 is 9.47 Å². The molecule has 4 nitrogen and oxygen atoms in total. The van der Waals surface area contributed by atoms with Gasteiger partial charge < -0.3 is 9.47 Å². The molecule has 0 aromatic heterocycles. The van der Waals surface area contributed by atoms with Gasteiger partial charge in [0.2, 0.25) is 0 Å². The second-order valence-corrected chi connectivity index (χ2v) is 6.49. The van der Waals surface area contributed by atoms with Crippen LogP contribution in [0.15, 0.2) is 40.9 Å². The Hall–Kier alpha value is -2.40. The Bertz CT molecular complexity index is 910. The van der Waals surface area contributed by atoms with Crippen molar-refractivity contribution >= 4 is 49.4 Å². The van der Waals surface area contributed by atoms with E-state index < -0.39 is 0 Å². The fraction of sp³-hybridized carbons (Fsp3) is 0.158. The first-order valence-corrected chi connectivity index (χ1v) is 8.17. The van der Waals surface area contributed by atoms with E-state index in [4.69, 9.17) is 9.47 Å². The maximum absolute atomic E-state index is 11.2. The number of benzene rings is 3. The second kappa shape index (κ2) is 6.24. The molecule has 3 aromatic carbocycles. The molecule has 0 aliphatic heterocycles. The summed E-state index contributed by atoms with van der Waals surface area (Å²) in [4.78, 5) is 22.4. The van der Waals surface area contributed by atoms with Crippen molar-refractivity contribution in [2.45, 2.75) is 20.8 Å². The molecule has 0 fully saturated rings. The number of ether oxygens (including phenoxy) is 2. The van der Waals surface area contributed by atoms with Gasteiger partial charge in [-0.05, 0) is 86.4 Å². The molecule has 0 spiro atoms. The van der Waals surface area contributed by atoms with Gasteiger partial charge in [-0.25, -0.2) is 0 Å². The predicted molar refractivity (Wildman–Crippen MR) is 96.5 cm³/mol. The van der Waals surface area contributed by atoms with Crippen molar-refractivity contribution in [3.8, 4) is 11.5 Å². The zero-order valence-corrected chi connectivity index (χ0v) is 15.1. The van der Waals surface area contributed by atoms with E-state index in [1.165, 1.54) is 13.8 Å². The van der Waals surface area contributed by atoms with Gasteiger partial charge in [-0.2, -0.15) is 0 Å². The number of esters is 2. The summed E-state index contributed by atoms with van der Waals surface area (Å²) >= 11 is 3.42. The average molecular weight is 387 g/mol. The first kappa shape index (κ1) is 16.5. The van der Waals surface area contributed by atoms with Crippen LogP contribution in [-0.4, -0.2) is 11.9 Å². The Morgan fingerprint density at radius 1 is 0.750 bits per heavy atom. The lowest BCUT2D eigenvalue weighted by molar-refractivity contribution is -0.132. The number of aryl methyl sites for hydroxylation is 1. The smallest absolute Gasteiger partial charge is 0.308 e. The summed E-state index contributed by atoms with van der Waals surface area (Å²) in [6.07, 6.45) is 0. The molecule has 0 unspecified atom stereocenters. The summed E-state index contributed by atoms with van der Waals surface area (Å²) in [6.45, 7) is 4.66. The molecule has 24 heavy (non-hydrogen) atoms. The SMILES string of the molecule is CC(=O)Oc1cc2cc3cc(Br)c(OC(C)=O)cc3cc2cc1C. The first-order chi connectivity index (χ1) is 11.3. The normalized spacial score (nSPS) is 10.8. The van der Waals surface area contributed by atoms with Crippen LogP contribution >= 0.6 is 15.9 Å². The highest BCUT2D eigenvalue weighted by molar-refractivity contribution is 9.10. The third-order valence-electron chi connectivity index (χ3n) is 3.65. The van der Waals surface area contributed by atoms with Crippen LogP contribution in [-0.2, 0) is 9.59 Å². The number of carbonyl (C=O) groups is 2. The summed E-state index contributed by atoms with van der Waals surface area (Å²) < 4.78 is 11.2. The molecule has 0 heterocycles. The lowest BCUT2D eigenvalue weighted by Gasteiger charge is -2.10. The summed E-state index contributed by atoms with van der Waals surface area (Å²) in [5.41, 5.74) is 0.884. The predicted octanol–water partition coefficient (Wildman–Crippen LogP) is 4.91. The van der Waals surface area contributed by atoms with E-state index in [0.29, 0.717) is 16.0 Å². The summed E-state index contributed by atoms with van der Waals surface area (Å²) in [5.74, 6) is 0.345. The van der Waals surface area contributed by atoms with Crippen LogP contribution in [0.5, 0.6) is 11.5 Å². The van der Waals surface area contributed by atoms with E-state index in [2.05, 4.69) is 15.9 Å². The third kappa shape index (κ3) is 3.26. The molecular formula is C19H15BrO4. The number of carbonyl (C=O) groups excluding carboxylic acids is 2. The van der Waals surface area contributed by atoms with Crippen LogP contribution in [0.3, 0.4) is 0 Å². The Morgan fingerprint density at radius 3 is 1.79 bits per heavy atom. The maximum atomic E-state index is 11.2. The molecular weight excluding hydrogens is 372 g/mol. The number of hydrogen-bond acceptors (Lipinski definition) is 4. The van der Waals surface area contributed by atoms with Gasteiger partial charge in [-0.1, -0.05) is 0 Å². The minimum Gasteiger partial charge on any atom is -0.426 e. The van der Waals surface area contributed by atoms with E-state index in [1.54, 1.807) is 0 Å². The van der Waals surface area contributed by atoms with Crippen molar-refractivity contribution in [2.24, 2.45) is 0 Å². The minimum absolute atomic E-state index is 0.341. The highest BCUT2D eigenvalue weighted by Gasteiger charge is 2.10. The minimum atomic E-state index is -0.363. The second-order valence-electron chi connectivity index (χ2n) is 5.63. The lowest BCUT2D eigenvalue weighted by atomic mass is 10.0. The van der Waals surface area contributed by atoms with Gasteiger partial charge in [-0.15, -0.1) is 0 Å². The number of fused-ring (bicyclic) bond motifs is 2. The van der Waals surface area contributed by atoms with E-state index >= 15 is 0 Å². The van der Waals surface area contributed by atoms with Crippen molar-refractivity contribution in [3.05, 3.63) is 46.4 Å².